The minimum absolute atomic E-state index is 0.0000808. The van der Waals surface area contributed by atoms with Gasteiger partial charge in [-0.05, 0) is 38.8 Å². The molecule has 1 N–H and O–H groups in total. The van der Waals surface area contributed by atoms with E-state index in [0.717, 1.165) is 5.56 Å². The second kappa shape index (κ2) is 7.34. The number of hydrogen-bond donors (Lipinski definition) is 1. The van der Waals surface area contributed by atoms with Crippen LogP contribution < -0.4 is 0 Å². The third-order valence-electron chi connectivity index (χ3n) is 3.93. The van der Waals surface area contributed by atoms with Crippen molar-refractivity contribution in [2.45, 2.75) is 40.2 Å². The molecule has 1 amide bonds. The number of nitrogens with zero attached hydrogens (tertiary/aromatic N) is 1. The minimum atomic E-state index is -1.02. The van der Waals surface area contributed by atoms with Gasteiger partial charge >= 0.3 is 5.97 Å². The maximum atomic E-state index is 12.3. The summed E-state index contributed by atoms with van der Waals surface area (Å²) < 4.78 is 5.42. The van der Waals surface area contributed by atoms with E-state index in [1.54, 1.807) is 18.9 Å². The maximum absolute atomic E-state index is 12.3. The molecule has 0 saturated carbocycles. The summed E-state index contributed by atoms with van der Waals surface area (Å²) in [7, 11) is 1.70. The zero-order valence-corrected chi connectivity index (χ0v) is 14.5. The molecule has 128 valence electrons. The van der Waals surface area contributed by atoms with Crippen molar-refractivity contribution < 1.29 is 19.1 Å². The number of furan rings is 1. The van der Waals surface area contributed by atoms with Crippen LogP contribution in [0.2, 0.25) is 0 Å². The lowest BCUT2D eigenvalue weighted by atomic mass is 10.0. The summed E-state index contributed by atoms with van der Waals surface area (Å²) in [6.45, 7) is 5.96. The molecular formula is C19H23NO4. The van der Waals surface area contributed by atoms with Crippen molar-refractivity contribution in [2.24, 2.45) is 0 Å². The van der Waals surface area contributed by atoms with Crippen LogP contribution in [0.15, 0.2) is 28.7 Å². The fraction of sp³-hybridized carbons (Fsp3) is 0.368. The van der Waals surface area contributed by atoms with Crippen molar-refractivity contribution in [1.82, 2.24) is 4.90 Å². The standard InChI is InChI=1S/C19H23NO4/c1-12-7-13(2)9-15(8-12)5-6-18(21)20(4)11-16-10-17(19(22)23)14(3)24-16/h7-10H,5-6,11H2,1-4H3,(H,22,23). The molecule has 0 aliphatic carbocycles. The van der Waals surface area contributed by atoms with Crippen molar-refractivity contribution in [3.05, 3.63) is 58.0 Å². The largest absolute Gasteiger partial charge is 0.478 e. The minimum Gasteiger partial charge on any atom is -0.478 e. The lowest BCUT2D eigenvalue weighted by Crippen LogP contribution is -2.26. The average molecular weight is 329 g/mol. The second-order valence-electron chi connectivity index (χ2n) is 6.23. The van der Waals surface area contributed by atoms with Gasteiger partial charge in [0.05, 0.1) is 6.54 Å². The van der Waals surface area contributed by atoms with Crippen LogP contribution in [0.5, 0.6) is 0 Å². The number of benzene rings is 1. The Labute approximate surface area is 141 Å². The number of carbonyl (C=O) groups is 2. The predicted octanol–water partition coefficient (Wildman–Crippen LogP) is 3.49. The molecule has 1 aromatic heterocycles. The van der Waals surface area contributed by atoms with Crippen molar-refractivity contribution in [2.75, 3.05) is 7.05 Å². The fourth-order valence-corrected chi connectivity index (χ4v) is 2.81. The third-order valence-corrected chi connectivity index (χ3v) is 3.93. The van der Waals surface area contributed by atoms with Crippen molar-refractivity contribution in [3.8, 4) is 0 Å². The summed E-state index contributed by atoms with van der Waals surface area (Å²) in [4.78, 5) is 24.9. The zero-order valence-electron chi connectivity index (χ0n) is 14.5. The van der Waals surface area contributed by atoms with Gasteiger partial charge in [0, 0.05) is 13.5 Å². The molecule has 2 aromatic rings. The topological polar surface area (TPSA) is 70.8 Å². The van der Waals surface area contributed by atoms with E-state index in [4.69, 9.17) is 9.52 Å². The molecule has 0 bridgehead atoms. The highest BCUT2D eigenvalue weighted by Gasteiger charge is 2.16. The molecule has 0 radical (unpaired) electrons. The van der Waals surface area contributed by atoms with Crippen LogP contribution in [0.1, 0.15) is 45.0 Å². The summed E-state index contributed by atoms with van der Waals surface area (Å²) in [5.74, 6) is -0.188. The molecule has 0 unspecified atom stereocenters. The molecule has 5 nitrogen and oxygen atoms in total. The number of rotatable bonds is 6. The third kappa shape index (κ3) is 4.47. The Balaban J connectivity index is 1.94. The van der Waals surface area contributed by atoms with E-state index in [2.05, 4.69) is 18.2 Å². The number of carbonyl (C=O) groups excluding carboxylic acids is 1. The fourth-order valence-electron chi connectivity index (χ4n) is 2.81. The molecule has 0 aliphatic heterocycles. The highest BCUT2D eigenvalue weighted by Crippen LogP contribution is 2.17. The number of carboxylic acid groups (broad SMARTS) is 1. The quantitative estimate of drug-likeness (QED) is 0.880. The van der Waals surface area contributed by atoms with Crippen molar-refractivity contribution >= 4 is 11.9 Å². The Hall–Kier alpha value is -2.56. The van der Waals surface area contributed by atoms with Crippen LogP contribution in [0.4, 0.5) is 0 Å². The molecule has 0 aliphatic rings. The number of aryl methyl sites for hydroxylation is 4. The van der Waals surface area contributed by atoms with E-state index in [1.807, 2.05) is 13.8 Å². The van der Waals surface area contributed by atoms with Crippen LogP contribution >= 0.6 is 0 Å². The van der Waals surface area contributed by atoms with E-state index in [-0.39, 0.29) is 18.0 Å². The highest BCUT2D eigenvalue weighted by molar-refractivity contribution is 5.88. The SMILES string of the molecule is Cc1cc(C)cc(CCC(=O)N(C)Cc2cc(C(=O)O)c(C)o2)c1. The van der Waals surface area contributed by atoms with E-state index in [1.165, 1.54) is 17.2 Å². The summed E-state index contributed by atoms with van der Waals surface area (Å²) in [6, 6.07) is 7.77. The molecule has 1 aromatic carbocycles. The second-order valence-corrected chi connectivity index (χ2v) is 6.23. The molecule has 0 fully saturated rings. The summed E-state index contributed by atoms with van der Waals surface area (Å²) in [5, 5.41) is 9.04. The Kier molecular flexibility index (Phi) is 5.44. The lowest BCUT2D eigenvalue weighted by Gasteiger charge is -2.16. The molecule has 24 heavy (non-hydrogen) atoms. The monoisotopic (exact) mass is 329 g/mol. The van der Waals surface area contributed by atoms with Gasteiger partial charge in [-0.2, -0.15) is 0 Å². The van der Waals surface area contributed by atoms with Crippen molar-refractivity contribution in [3.63, 3.8) is 0 Å². The first kappa shape index (κ1) is 17.8. The molecule has 5 heteroatoms. The van der Waals surface area contributed by atoms with Gasteiger partial charge in [0.25, 0.3) is 0 Å². The van der Waals surface area contributed by atoms with Gasteiger partial charge in [0.1, 0.15) is 17.1 Å². The van der Waals surface area contributed by atoms with Gasteiger partial charge in [0.15, 0.2) is 0 Å². The van der Waals surface area contributed by atoms with Crippen molar-refractivity contribution in [1.29, 1.82) is 0 Å². The number of carboxylic acids is 1. The zero-order chi connectivity index (χ0) is 17.9. The van der Waals surface area contributed by atoms with Gasteiger partial charge < -0.3 is 14.4 Å². The van der Waals surface area contributed by atoms with E-state index in [0.29, 0.717) is 24.4 Å². The number of amides is 1. The van der Waals surface area contributed by atoms with Gasteiger partial charge in [0.2, 0.25) is 5.91 Å². The first-order valence-corrected chi connectivity index (χ1v) is 7.90. The summed E-state index contributed by atoms with van der Waals surface area (Å²) in [5.41, 5.74) is 3.67. The maximum Gasteiger partial charge on any atom is 0.339 e. The van der Waals surface area contributed by atoms with Gasteiger partial charge in [-0.15, -0.1) is 0 Å². The molecule has 0 spiro atoms. The van der Waals surface area contributed by atoms with Crippen LogP contribution in [-0.2, 0) is 17.8 Å². The van der Waals surface area contributed by atoms with E-state index in [9.17, 15) is 9.59 Å². The molecular weight excluding hydrogens is 306 g/mol. The van der Waals surface area contributed by atoms with Crippen LogP contribution in [0, 0.1) is 20.8 Å². The molecule has 1 heterocycles. The number of hydrogen-bond acceptors (Lipinski definition) is 3. The summed E-state index contributed by atoms with van der Waals surface area (Å²) >= 11 is 0. The Bertz CT molecular complexity index is 740. The first-order chi connectivity index (χ1) is 11.3. The lowest BCUT2D eigenvalue weighted by molar-refractivity contribution is -0.130. The van der Waals surface area contributed by atoms with Crippen LogP contribution in [0.3, 0.4) is 0 Å². The summed E-state index contributed by atoms with van der Waals surface area (Å²) in [6.07, 6.45) is 1.09. The van der Waals surface area contributed by atoms with Crippen LogP contribution in [0.25, 0.3) is 0 Å². The Morgan fingerprint density at radius 3 is 2.25 bits per heavy atom. The van der Waals surface area contributed by atoms with E-state index < -0.39 is 5.97 Å². The molecule has 0 saturated heterocycles. The van der Waals surface area contributed by atoms with Gasteiger partial charge in [-0.25, -0.2) is 4.79 Å². The smallest absolute Gasteiger partial charge is 0.339 e. The highest BCUT2D eigenvalue weighted by atomic mass is 16.4. The first-order valence-electron chi connectivity index (χ1n) is 7.90. The normalized spacial score (nSPS) is 10.7. The van der Waals surface area contributed by atoms with E-state index >= 15 is 0 Å². The predicted molar refractivity (Wildman–Crippen MR) is 91.1 cm³/mol. The van der Waals surface area contributed by atoms with Gasteiger partial charge in [-0.3, -0.25) is 4.79 Å². The molecule has 0 atom stereocenters. The van der Waals surface area contributed by atoms with Crippen LogP contribution in [-0.4, -0.2) is 28.9 Å². The van der Waals surface area contributed by atoms with Gasteiger partial charge in [-0.1, -0.05) is 29.3 Å². The average Bonchev–Trinajstić information content (AvgIpc) is 2.84. The Morgan fingerprint density at radius 1 is 1.08 bits per heavy atom. The number of aromatic carboxylic acids is 1. The molecule has 2 rings (SSSR count). The Morgan fingerprint density at radius 2 is 1.71 bits per heavy atom.